The molecule has 0 saturated heterocycles. The van der Waals surface area contributed by atoms with Crippen LogP contribution in [-0.2, 0) is 4.79 Å². The molecule has 0 radical (unpaired) electrons. The maximum absolute atomic E-state index is 11.3. The monoisotopic (exact) mass is 225 g/mol. The Bertz CT molecular complexity index is 402. The van der Waals surface area contributed by atoms with Gasteiger partial charge in [0.1, 0.15) is 5.88 Å². The molecular formula is C11H12ClNO2. The van der Waals surface area contributed by atoms with Crippen molar-refractivity contribution in [3.63, 3.8) is 0 Å². The lowest BCUT2D eigenvalue weighted by atomic mass is 10.1. The molecule has 4 heteroatoms. The third-order valence-electron chi connectivity index (χ3n) is 1.95. The Hall–Kier alpha value is -1.35. The number of aryl methyl sites for hydroxylation is 1. The largest absolute Gasteiger partial charge is 0.324 e. The summed E-state index contributed by atoms with van der Waals surface area (Å²) in [4.78, 5) is 22.4. The van der Waals surface area contributed by atoms with Crippen molar-refractivity contribution < 1.29 is 9.59 Å². The molecule has 0 heterocycles. The van der Waals surface area contributed by atoms with Crippen molar-refractivity contribution >= 4 is 29.0 Å². The van der Waals surface area contributed by atoms with Gasteiger partial charge < -0.3 is 5.32 Å². The Balaban J connectivity index is 3.06. The first kappa shape index (κ1) is 11.7. The van der Waals surface area contributed by atoms with E-state index < -0.39 is 0 Å². The first-order valence-electron chi connectivity index (χ1n) is 4.52. The van der Waals surface area contributed by atoms with Gasteiger partial charge in [-0.25, -0.2) is 0 Å². The number of carbonyl (C=O) groups is 2. The number of ketones is 1. The molecule has 15 heavy (non-hydrogen) atoms. The summed E-state index contributed by atoms with van der Waals surface area (Å²) < 4.78 is 0. The first-order valence-corrected chi connectivity index (χ1v) is 5.05. The van der Waals surface area contributed by atoms with Gasteiger partial charge in [-0.05, 0) is 26.0 Å². The van der Waals surface area contributed by atoms with Crippen molar-refractivity contribution in [1.29, 1.82) is 0 Å². The summed E-state index contributed by atoms with van der Waals surface area (Å²) in [6.07, 6.45) is 0. The molecule has 0 aliphatic heterocycles. The Morgan fingerprint density at radius 1 is 1.40 bits per heavy atom. The Morgan fingerprint density at radius 2 is 2.07 bits per heavy atom. The highest BCUT2D eigenvalue weighted by atomic mass is 35.5. The zero-order valence-corrected chi connectivity index (χ0v) is 9.39. The highest BCUT2D eigenvalue weighted by molar-refractivity contribution is 6.29. The van der Waals surface area contributed by atoms with E-state index in [9.17, 15) is 9.59 Å². The van der Waals surface area contributed by atoms with Crippen molar-refractivity contribution in [1.82, 2.24) is 0 Å². The third-order valence-corrected chi connectivity index (χ3v) is 2.19. The molecule has 1 aromatic carbocycles. The van der Waals surface area contributed by atoms with Crippen molar-refractivity contribution in [2.45, 2.75) is 13.8 Å². The topological polar surface area (TPSA) is 46.2 Å². The molecule has 0 aliphatic rings. The minimum absolute atomic E-state index is 0.0800. The van der Waals surface area contributed by atoms with Gasteiger partial charge in [0.25, 0.3) is 0 Å². The second-order valence-corrected chi connectivity index (χ2v) is 3.55. The van der Waals surface area contributed by atoms with Gasteiger partial charge in [-0.1, -0.05) is 11.6 Å². The Kier molecular flexibility index (Phi) is 3.86. The number of carbonyl (C=O) groups excluding carboxylic acids is 2. The fraction of sp³-hybridized carbons (Fsp3) is 0.273. The van der Waals surface area contributed by atoms with Crippen LogP contribution in [0.4, 0.5) is 5.69 Å². The number of hydrogen-bond acceptors (Lipinski definition) is 2. The fourth-order valence-corrected chi connectivity index (χ4v) is 1.31. The van der Waals surface area contributed by atoms with Gasteiger partial charge in [0.05, 0.1) is 5.69 Å². The molecule has 80 valence electrons. The molecule has 1 amide bonds. The van der Waals surface area contributed by atoms with Crippen LogP contribution in [0.25, 0.3) is 0 Å². The highest BCUT2D eigenvalue weighted by Gasteiger charge is 2.09. The van der Waals surface area contributed by atoms with E-state index in [-0.39, 0.29) is 17.6 Å². The Morgan fingerprint density at radius 3 is 2.60 bits per heavy atom. The van der Waals surface area contributed by atoms with Gasteiger partial charge in [-0.2, -0.15) is 0 Å². The lowest BCUT2D eigenvalue weighted by molar-refractivity contribution is -0.113. The molecular weight excluding hydrogens is 214 g/mol. The minimum atomic E-state index is -0.317. The molecule has 0 saturated carbocycles. The SMILES string of the molecule is CC(=O)c1cc(C)ccc1NC(=O)CCl. The molecule has 0 fully saturated rings. The molecule has 0 bridgehead atoms. The average molecular weight is 226 g/mol. The van der Waals surface area contributed by atoms with E-state index in [1.807, 2.05) is 13.0 Å². The average Bonchev–Trinajstić information content (AvgIpc) is 2.20. The molecule has 3 nitrogen and oxygen atoms in total. The van der Waals surface area contributed by atoms with Crippen molar-refractivity contribution in [3.8, 4) is 0 Å². The lowest BCUT2D eigenvalue weighted by Crippen LogP contribution is -2.15. The van der Waals surface area contributed by atoms with E-state index in [0.29, 0.717) is 11.3 Å². The van der Waals surface area contributed by atoms with Gasteiger partial charge in [-0.3, -0.25) is 9.59 Å². The summed E-state index contributed by atoms with van der Waals surface area (Å²) in [5.74, 6) is -0.516. The van der Waals surface area contributed by atoms with Crippen LogP contribution in [-0.4, -0.2) is 17.6 Å². The molecule has 1 N–H and O–H groups in total. The van der Waals surface area contributed by atoms with Crippen LogP contribution in [0.3, 0.4) is 0 Å². The molecule has 1 rings (SSSR count). The molecule has 0 aliphatic carbocycles. The standard InChI is InChI=1S/C11H12ClNO2/c1-7-3-4-10(13-11(15)6-12)9(5-7)8(2)14/h3-5H,6H2,1-2H3,(H,13,15). The quantitative estimate of drug-likeness (QED) is 0.634. The fourth-order valence-electron chi connectivity index (χ4n) is 1.24. The molecule has 0 spiro atoms. The summed E-state index contributed by atoms with van der Waals surface area (Å²) in [7, 11) is 0. The van der Waals surface area contributed by atoms with Crippen LogP contribution < -0.4 is 5.32 Å². The summed E-state index contributed by atoms with van der Waals surface area (Å²) >= 11 is 5.37. The second-order valence-electron chi connectivity index (χ2n) is 3.29. The number of halogens is 1. The number of alkyl halides is 1. The van der Waals surface area contributed by atoms with Crippen LogP contribution in [0.5, 0.6) is 0 Å². The lowest BCUT2D eigenvalue weighted by Gasteiger charge is -2.08. The summed E-state index contributed by atoms with van der Waals surface area (Å²) in [6, 6.07) is 5.28. The number of hydrogen-bond donors (Lipinski definition) is 1. The number of benzene rings is 1. The van der Waals surface area contributed by atoms with Crippen LogP contribution in [0.15, 0.2) is 18.2 Å². The van der Waals surface area contributed by atoms with E-state index in [1.165, 1.54) is 6.92 Å². The smallest absolute Gasteiger partial charge is 0.239 e. The first-order chi connectivity index (χ1) is 7.04. The predicted molar refractivity (Wildman–Crippen MR) is 60.5 cm³/mol. The molecule has 1 aromatic rings. The van der Waals surface area contributed by atoms with E-state index in [0.717, 1.165) is 5.56 Å². The van der Waals surface area contributed by atoms with Crippen LogP contribution in [0.2, 0.25) is 0 Å². The molecule has 0 atom stereocenters. The molecule has 0 unspecified atom stereocenters. The summed E-state index contributed by atoms with van der Waals surface area (Å²) in [6.45, 7) is 3.35. The van der Waals surface area contributed by atoms with E-state index >= 15 is 0 Å². The van der Waals surface area contributed by atoms with Gasteiger partial charge in [-0.15, -0.1) is 11.6 Å². The van der Waals surface area contributed by atoms with Crippen LogP contribution in [0.1, 0.15) is 22.8 Å². The summed E-state index contributed by atoms with van der Waals surface area (Å²) in [5.41, 5.74) is 2.00. The highest BCUT2D eigenvalue weighted by Crippen LogP contribution is 2.17. The van der Waals surface area contributed by atoms with E-state index in [1.54, 1.807) is 12.1 Å². The number of nitrogens with one attached hydrogen (secondary N) is 1. The summed E-state index contributed by atoms with van der Waals surface area (Å²) in [5, 5.41) is 2.58. The number of anilines is 1. The van der Waals surface area contributed by atoms with Crippen LogP contribution >= 0.6 is 11.6 Å². The van der Waals surface area contributed by atoms with Gasteiger partial charge >= 0.3 is 0 Å². The third kappa shape index (κ3) is 3.06. The Labute approximate surface area is 93.4 Å². The predicted octanol–water partition coefficient (Wildman–Crippen LogP) is 2.37. The minimum Gasteiger partial charge on any atom is -0.324 e. The number of amides is 1. The normalized spacial score (nSPS) is 9.80. The van der Waals surface area contributed by atoms with E-state index in [2.05, 4.69) is 5.32 Å². The molecule has 0 aromatic heterocycles. The van der Waals surface area contributed by atoms with Crippen LogP contribution in [0, 0.1) is 6.92 Å². The van der Waals surface area contributed by atoms with E-state index in [4.69, 9.17) is 11.6 Å². The van der Waals surface area contributed by atoms with Crippen molar-refractivity contribution in [2.24, 2.45) is 0 Å². The number of rotatable bonds is 3. The van der Waals surface area contributed by atoms with Gasteiger partial charge in [0, 0.05) is 5.56 Å². The van der Waals surface area contributed by atoms with Crippen molar-refractivity contribution in [2.75, 3.05) is 11.2 Å². The van der Waals surface area contributed by atoms with Crippen molar-refractivity contribution in [3.05, 3.63) is 29.3 Å². The van der Waals surface area contributed by atoms with Gasteiger partial charge in [0.2, 0.25) is 5.91 Å². The van der Waals surface area contributed by atoms with Gasteiger partial charge in [0.15, 0.2) is 5.78 Å². The maximum atomic E-state index is 11.3. The zero-order valence-electron chi connectivity index (χ0n) is 8.63. The maximum Gasteiger partial charge on any atom is 0.239 e. The second kappa shape index (κ2) is 4.94. The number of Topliss-reactive ketones (excluding diaryl/α,β-unsaturated/α-hetero) is 1. The zero-order chi connectivity index (χ0) is 11.4.